The maximum absolute atomic E-state index is 9.54. The van der Waals surface area contributed by atoms with Gasteiger partial charge in [0.2, 0.25) is 0 Å². The fourth-order valence-corrected chi connectivity index (χ4v) is 2.38. The SMILES string of the molecule is CC(O)Cc1cn(C(C)C)c2ccc(Cl)cc12. The number of aromatic nitrogens is 1. The van der Waals surface area contributed by atoms with E-state index in [1.165, 1.54) is 5.52 Å². The van der Waals surface area contributed by atoms with Crippen LogP contribution in [0.3, 0.4) is 0 Å². The normalized spacial score (nSPS) is 13.5. The van der Waals surface area contributed by atoms with E-state index in [1.807, 2.05) is 25.1 Å². The molecular weight excluding hydrogens is 234 g/mol. The average molecular weight is 252 g/mol. The van der Waals surface area contributed by atoms with E-state index in [9.17, 15) is 5.11 Å². The molecule has 1 unspecified atom stereocenters. The van der Waals surface area contributed by atoms with Crippen LogP contribution in [-0.4, -0.2) is 15.8 Å². The molecule has 1 heterocycles. The topological polar surface area (TPSA) is 25.2 Å². The lowest BCUT2D eigenvalue weighted by molar-refractivity contribution is 0.196. The Balaban J connectivity index is 2.62. The molecule has 1 aromatic heterocycles. The van der Waals surface area contributed by atoms with Crippen molar-refractivity contribution in [3.63, 3.8) is 0 Å². The molecule has 0 amide bonds. The van der Waals surface area contributed by atoms with Gasteiger partial charge >= 0.3 is 0 Å². The van der Waals surface area contributed by atoms with E-state index in [1.54, 1.807) is 0 Å². The van der Waals surface area contributed by atoms with Gasteiger partial charge in [0.15, 0.2) is 0 Å². The maximum Gasteiger partial charge on any atom is 0.0553 e. The summed E-state index contributed by atoms with van der Waals surface area (Å²) in [5.41, 5.74) is 2.34. The second kappa shape index (κ2) is 4.71. The third kappa shape index (κ3) is 2.48. The Kier molecular flexibility index (Phi) is 3.45. The molecule has 1 atom stereocenters. The molecule has 0 radical (unpaired) electrons. The van der Waals surface area contributed by atoms with Gasteiger partial charge in [0, 0.05) is 34.6 Å². The summed E-state index contributed by atoms with van der Waals surface area (Å²) < 4.78 is 2.23. The van der Waals surface area contributed by atoms with Gasteiger partial charge in [-0.25, -0.2) is 0 Å². The third-order valence-corrected chi connectivity index (χ3v) is 3.18. The largest absolute Gasteiger partial charge is 0.393 e. The first-order chi connectivity index (χ1) is 7.99. The Hall–Kier alpha value is -0.990. The van der Waals surface area contributed by atoms with E-state index in [2.05, 4.69) is 24.6 Å². The lowest BCUT2D eigenvalue weighted by Crippen LogP contribution is -2.03. The van der Waals surface area contributed by atoms with Crippen LogP contribution in [0, 0.1) is 0 Å². The van der Waals surface area contributed by atoms with Gasteiger partial charge < -0.3 is 9.67 Å². The molecule has 0 spiro atoms. The van der Waals surface area contributed by atoms with Crippen molar-refractivity contribution in [1.29, 1.82) is 0 Å². The number of hydrogen-bond donors (Lipinski definition) is 1. The number of nitrogens with zero attached hydrogens (tertiary/aromatic N) is 1. The lowest BCUT2D eigenvalue weighted by Gasteiger charge is -2.08. The molecule has 3 heteroatoms. The molecule has 1 aromatic carbocycles. The predicted molar refractivity (Wildman–Crippen MR) is 72.7 cm³/mol. The van der Waals surface area contributed by atoms with Crippen LogP contribution in [0.15, 0.2) is 24.4 Å². The first-order valence-electron chi connectivity index (χ1n) is 5.96. The molecular formula is C14H18ClNO. The standard InChI is InChI=1S/C14H18ClNO/c1-9(2)16-8-11(6-10(3)17)13-7-12(15)4-5-14(13)16/h4-5,7-10,17H,6H2,1-3H3. The zero-order valence-electron chi connectivity index (χ0n) is 10.4. The molecule has 0 aliphatic rings. The minimum Gasteiger partial charge on any atom is -0.393 e. The molecule has 1 N–H and O–H groups in total. The molecule has 17 heavy (non-hydrogen) atoms. The number of benzene rings is 1. The van der Waals surface area contributed by atoms with Crippen molar-refractivity contribution < 1.29 is 5.11 Å². The molecule has 0 saturated carbocycles. The van der Waals surface area contributed by atoms with Crippen LogP contribution in [0.25, 0.3) is 10.9 Å². The van der Waals surface area contributed by atoms with E-state index >= 15 is 0 Å². The Morgan fingerprint density at radius 2 is 2.00 bits per heavy atom. The zero-order chi connectivity index (χ0) is 12.6. The van der Waals surface area contributed by atoms with Gasteiger partial charge in [-0.05, 0) is 44.5 Å². The number of rotatable bonds is 3. The van der Waals surface area contributed by atoms with Gasteiger partial charge in [-0.15, -0.1) is 0 Å². The van der Waals surface area contributed by atoms with E-state index in [4.69, 9.17) is 11.6 Å². The number of aliphatic hydroxyl groups is 1. The molecule has 0 bridgehead atoms. The summed E-state index contributed by atoms with van der Waals surface area (Å²) in [7, 11) is 0. The van der Waals surface area contributed by atoms with Gasteiger partial charge in [-0.3, -0.25) is 0 Å². The van der Waals surface area contributed by atoms with Crippen LogP contribution < -0.4 is 0 Å². The summed E-state index contributed by atoms with van der Waals surface area (Å²) in [5.74, 6) is 0. The van der Waals surface area contributed by atoms with E-state index in [0.717, 1.165) is 16.0 Å². The molecule has 0 fully saturated rings. The molecule has 0 aliphatic heterocycles. The van der Waals surface area contributed by atoms with Crippen molar-refractivity contribution in [2.24, 2.45) is 0 Å². The van der Waals surface area contributed by atoms with Gasteiger partial charge in [-0.1, -0.05) is 11.6 Å². The van der Waals surface area contributed by atoms with Crippen molar-refractivity contribution in [3.8, 4) is 0 Å². The van der Waals surface area contributed by atoms with Crippen LogP contribution in [-0.2, 0) is 6.42 Å². The van der Waals surface area contributed by atoms with Crippen LogP contribution in [0.2, 0.25) is 5.02 Å². The maximum atomic E-state index is 9.54. The molecule has 0 saturated heterocycles. The third-order valence-electron chi connectivity index (χ3n) is 2.95. The molecule has 2 rings (SSSR count). The minimum absolute atomic E-state index is 0.333. The monoisotopic (exact) mass is 251 g/mol. The van der Waals surface area contributed by atoms with Crippen molar-refractivity contribution >= 4 is 22.5 Å². The molecule has 92 valence electrons. The van der Waals surface area contributed by atoms with Crippen molar-refractivity contribution in [2.45, 2.75) is 39.3 Å². The quantitative estimate of drug-likeness (QED) is 0.882. The summed E-state index contributed by atoms with van der Waals surface area (Å²) >= 11 is 6.04. The van der Waals surface area contributed by atoms with E-state index < -0.39 is 0 Å². The summed E-state index contributed by atoms with van der Waals surface area (Å²) in [6, 6.07) is 6.34. The predicted octanol–water partition coefficient (Wildman–Crippen LogP) is 3.80. The Bertz CT molecular complexity index is 528. The zero-order valence-corrected chi connectivity index (χ0v) is 11.2. The fourth-order valence-electron chi connectivity index (χ4n) is 2.21. The molecule has 2 nitrogen and oxygen atoms in total. The number of hydrogen-bond acceptors (Lipinski definition) is 1. The fraction of sp³-hybridized carbons (Fsp3) is 0.429. The summed E-state index contributed by atoms with van der Waals surface area (Å²) in [5, 5.41) is 11.4. The van der Waals surface area contributed by atoms with Crippen molar-refractivity contribution in [1.82, 2.24) is 4.57 Å². The molecule has 0 aliphatic carbocycles. The lowest BCUT2D eigenvalue weighted by atomic mass is 10.1. The van der Waals surface area contributed by atoms with E-state index in [0.29, 0.717) is 12.5 Å². The number of fused-ring (bicyclic) bond motifs is 1. The van der Waals surface area contributed by atoms with Crippen LogP contribution >= 0.6 is 11.6 Å². The highest BCUT2D eigenvalue weighted by atomic mass is 35.5. The van der Waals surface area contributed by atoms with Crippen LogP contribution in [0.5, 0.6) is 0 Å². The Morgan fingerprint density at radius 1 is 1.29 bits per heavy atom. The Labute approximate surface area is 107 Å². The van der Waals surface area contributed by atoms with Gasteiger partial charge in [-0.2, -0.15) is 0 Å². The molecule has 2 aromatic rings. The van der Waals surface area contributed by atoms with Gasteiger partial charge in [0.1, 0.15) is 0 Å². The van der Waals surface area contributed by atoms with Crippen molar-refractivity contribution in [3.05, 3.63) is 35.0 Å². The van der Waals surface area contributed by atoms with Crippen LogP contribution in [0.1, 0.15) is 32.4 Å². The second-order valence-electron chi connectivity index (χ2n) is 4.87. The number of halogens is 1. The second-order valence-corrected chi connectivity index (χ2v) is 5.31. The van der Waals surface area contributed by atoms with Crippen LogP contribution in [0.4, 0.5) is 0 Å². The minimum atomic E-state index is -0.333. The van der Waals surface area contributed by atoms with Gasteiger partial charge in [0.05, 0.1) is 6.10 Å². The first-order valence-corrected chi connectivity index (χ1v) is 6.34. The smallest absolute Gasteiger partial charge is 0.0553 e. The van der Waals surface area contributed by atoms with Gasteiger partial charge in [0.25, 0.3) is 0 Å². The highest BCUT2D eigenvalue weighted by molar-refractivity contribution is 6.31. The summed E-state index contributed by atoms with van der Waals surface area (Å²) in [4.78, 5) is 0. The highest BCUT2D eigenvalue weighted by Gasteiger charge is 2.12. The number of aliphatic hydroxyl groups excluding tert-OH is 1. The first kappa shape index (κ1) is 12.5. The Morgan fingerprint density at radius 3 is 2.59 bits per heavy atom. The van der Waals surface area contributed by atoms with Crippen molar-refractivity contribution in [2.75, 3.05) is 0 Å². The summed E-state index contributed by atoms with van der Waals surface area (Å²) in [6.07, 6.45) is 2.45. The summed E-state index contributed by atoms with van der Waals surface area (Å²) in [6.45, 7) is 6.11. The van der Waals surface area contributed by atoms with E-state index in [-0.39, 0.29) is 6.10 Å². The average Bonchev–Trinajstić information content (AvgIpc) is 2.56. The highest BCUT2D eigenvalue weighted by Crippen LogP contribution is 2.28.